The molecule has 5 heteroatoms. The number of allylic oxidation sites excluding steroid dienone is 4. The number of rotatable bonds is 16. The van der Waals surface area contributed by atoms with Crippen molar-refractivity contribution in [2.75, 3.05) is 0 Å². The lowest BCUT2D eigenvalue weighted by Crippen LogP contribution is -2.46. The first-order chi connectivity index (χ1) is 14.1. The Balaban J connectivity index is 1.99. The maximum atomic E-state index is 12.3. The minimum atomic E-state index is -1.08. The lowest BCUT2D eigenvalue weighted by molar-refractivity contribution is -0.134. The molecule has 164 valence electrons. The highest BCUT2D eigenvalue weighted by atomic mass is 16.4. The van der Waals surface area contributed by atoms with Gasteiger partial charge in [-0.3, -0.25) is 9.69 Å². The number of nitrogens with two attached hydrogens (primary N) is 1. The van der Waals surface area contributed by atoms with Gasteiger partial charge in [0.05, 0.1) is 5.57 Å². The van der Waals surface area contributed by atoms with Crippen LogP contribution >= 0.6 is 0 Å². The van der Waals surface area contributed by atoms with Crippen molar-refractivity contribution in [1.29, 1.82) is 0 Å². The zero-order valence-electron chi connectivity index (χ0n) is 18.2. The molecule has 0 spiro atoms. The highest BCUT2D eigenvalue weighted by molar-refractivity contribution is 5.90. The summed E-state index contributed by atoms with van der Waals surface area (Å²) in [4.78, 5) is 24.7. The Bertz CT molecular complexity index is 566. The van der Waals surface area contributed by atoms with Gasteiger partial charge in [-0.2, -0.15) is 0 Å². The van der Waals surface area contributed by atoms with E-state index >= 15 is 0 Å². The summed E-state index contributed by atoms with van der Waals surface area (Å²) in [6.07, 6.45) is 24.5. The van der Waals surface area contributed by atoms with Crippen LogP contribution in [0, 0.1) is 0 Å². The Labute approximate surface area is 176 Å². The predicted molar refractivity (Wildman–Crippen MR) is 119 cm³/mol. The fourth-order valence-electron chi connectivity index (χ4n) is 3.49. The van der Waals surface area contributed by atoms with Gasteiger partial charge in [0.1, 0.15) is 6.17 Å². The Morgan fingerprint density at radius 1 is 0.966 bits per heavy atom. The van der Waals surface area contributed by atoms with E-state index in [1.807, 2.05) is 0 Å². The summed E-state index contributed by atoms with van der Waals surface area (Å²) in [6.45, 7) is 2.25. The molecule has 0 aliphatic carbocycles. The van der Waals surface area contributed by atoms with Crippen molar-refractivity contribution < 1.29 is 14.7 Å². The molecule has 1 amide bonds. The lowest BCUT2D eigenvalue weighted by atomic mass is 10.1. The van der Waals surface area contributed by atoms with Crippen LogP contribution in [-0.4, -0.2) is 28.0 Å². The van der Waals surface area contributed by atoms with Crippen LogP contribution in [0.5, 0.6) is 0 Å². The van der Waals surface area contributed by atoms with Gasteiger partial charge in [-0.1, -0.05) is 70.4 Å². The van der Waals surface area contributed by atoms with E-state index in [4.69, 9.17) is 10.8 Å². The zero-order chi connectivity index (χ0) is 21.3. The second-order valence-electron chi connectivity index (χ2n) is 7.85. The van der Waals surface area contributed by atoms with Gasteiger partial charge in [-0.25, -0.2) is 4.79 Å². The van der Waals surface area contributed by atoms with Gasteiger partial charge in [0.25, 0.3) is 0 Å². The molecule has 0 aromatic carbocycles. The monoisotopic (exact) mass is 404 g/mol. The summed E-state index contributed by atoms with van der Waals surface area (Å²) in [5.41, 5.74) is 5.93. The molecule has 1 unspecified atom stereocenters. The highest BCUT2D eigenvalue weighted by Crippen LogP contribution is 2.16. The normalized spacial score (nSPS) is 16.4. The molecule has 29 heavy (non-hydrogen) atoms. The molecule has 1 atom stereocenters. The van der Waals surface area contributed by atoms with Crippen molar-refractivity contribution in [3.05, 3.63) is 36.1 Å². The van der Waals surface area contributed by atoms with Crippen molar-refractivity contribution in [2.45, 2.75) is 103 Å². The van der Waals surface area contributed by atoms with Crippen molar-refractivity contribution in [3.8, 4) is 0 Å². The number of amides is 1. The molecule has 1 aliphatic heterocycles. The van der Waals surface area contributed by atoms with E-state index in [1.54, 1.807) is 12.3 Å². The van der Waals surface area contributed by atoms with E-state index in [-0.39, 0.29) is 11.5 Å². The van der Waals surface area contributed by atoms with Crippen LogP contribution < -0.4 is 5.73 Å². The lowest BCUT2D eigenvalue weighted by Gasteiger charge is -2.28. The molecule has 3 N–H and O–H groups in total. The smallest absolute Gasteiger partial charge is 0.335 e. The van der Waals surface area contributed by atoms with E-state index in [0.29, 0.717) is 6.42 Å². The summed E-state index contributed by atoms with van der Waals surface area (Å²) in [5.74, 6) is -1.20. The van der Waals surface area contributed by atoms with Crippen LogP contribution in [0.2, 0.25) is 0 Å². The summed E-state index contributed by atoms with van der Waals surface area (Å²) < 4.78 is 0. The molecule has 0 aromatic heterocycles. The van der Waals surface area contributed by atoms with Crippen LogP contribution in [0.1, 0.15) is 96.8 Å². The summed E-state index contributed by atoms with van der Waals surface area (Å²) in [7, 11) is 0. The van der Waals surface area contributed by atoms with Gasteiger partial charge < -0.3 is 10.8 Å². The number of carbonyl (C=O) groups excluding carboxylic acids is 1. The molecule has 1 aliphatic rings. The quantitative estimate of drug-likeness (QED) is 0.256. The Morgan fingerprint density at radius 3 is 2.10 bits per heavy atom. The second-order valence-corrected chi connectivity index (χ2v) is 7.85. The first-order valence-corrected chi connectivity index (χ1v) is 11.4. The fourth-order valence-corrected chi connectivity index (χ4v) is 3.49. The number of unbranched alkanes of at least 4 members (excludes halogenated alkanes) is 11. The third-order valence-electron chi connectivity index (χ3n) is 5.33. The van der Waals surface area contributed by atoms with E-state index in [1.165, 1.54) is 68.8 Å². The third-order valence-corrected chi connectivity index (χ3v) is 5.33. The average Bonchev–Trinajstić information content (AvgIpc) is 2.70. The van der Waals surface area contributed by atoms with Gasteiger partial charge >= 0.3 is 5.97 Å². The van der Waals surface area contributed by atoms with Crippen molar-refractivity contribution >= 4 is 11.9 Å². The molecular formula is C24H40N2O3. The number of carboxylic acids is 1. The molecule has 1 heterocycles. The molecule has 1 rings (SSSR count). The zero-order valence-corrected chi connectivity index (χ0v) is 18.2. The largest absolute Gasteiger partial charge is 0.478 e. The van der Waals surface area contributed by atoms with Gasteiger partial charge in [0.2, 0.25) is 5.91 Å². The second kappa shape index (κ2) is 16.0. The molecule has 0 aromatic rings. The van der Waals surface area contributed by atoms with Crippen molar-refractivity contribution in [2.24, 2.45) is 5.73 Å². The number of carbonyl (C=O) groups is 2. The molecule has 0 saturated carbocycles. The van der Waals surface area contributed by atoms with Crippen molar-refractivity contribution in [3.63, 3.8) is 0 Å². The van der Waals surface area contributed by atoms with Gasteiger partial charge in [0.15, 0.2) is 0 Å². The van der Waals surface area contributed by atoms with Crippen LogP contribution in [0.3, 0.4) is 0 Å². The van der Waals surface area contributed by atoms with Gasteiger partial charge in [0, 0.05) is 12.6 Å². The summed E-state index contributed by atoms with van der Waals surface area (Å²) in [5, 5.41) is 9.10. The van der Waals surface area contributed by atoms with Gasteiger partial charge in [-0.15, -0.1) is 0 Å². The maximum absolute atomic E-state index is 12.3. The molecule has 0 bridgehead atoms. The first kappa shape index (κ1) is 25.2. The standard InChI is InChI=1S/C24H40N2O3/c1-2-3-4-5-6-7-8-9-10-11-12-13-14-15-16-19-22(27)26-20-17-18-21(23(26)25)24(28)29/h9-10,17-18,20,23H,2-8,11-16,19,25H2,1H3,(H,28,29)/b10-9-. The topological polar surface area (TPSA) is 83.6 Å². The number of carboxylic acid groups (broad SMARTS) is 1. The molecule has 0 fully saturated rings. The van der Waals surface area contributed by atoms with Crippen molar-refractivity contribution in [1.82, 2.24) is 4.90 Å². The summed E-state index contributed by atoms with van der Waals surface area (Å²) >= 11 is 0. The number of hydrogen-bond acceptors (Lipinski definition) is 3. The van der Waals surface area contributed by atoms with Crippen LogP contribution in [-0.2, 0) is 9.59 Å². The molecule has 0 radical (unpaired) electrons. The van der Waals surface area contributed by atoms with E-state index in [0.717, 1.165) is 25.7 Å². The third kappa shape index (κ3) is 11.0. The Hall–Kier alpha value is -1.88. The SMILES string of the molecule is CCCCCCCC/C=C\CCCCCCCC(=O)N1C=CC=C(C(=O)O)C1N. The maximum Gasteiger partial charge on any atom is 0.335 e. The molecular weight excluding hydrogens is 364 g/mol. The number of hydrogen-bond donors (Lipinski definition) is 2. The average molecular weight is 405 g/mol. The summed E-state index contributed by atoms with van der Waals surface area (Å²) in [6, 6.07) is 0. The highest BCUT2D eigenvalue weighted by Gasteiger charge is 2.27. The Morgan fingerprint density at radius 2 is 1.52 bits per heavy atom. The Kier molecular flexibility index (Phi) is 13.9. The van der Waals surface area contributed by atoms with Gasteiger partial charge in [-0.05, 0) is 44.3 Å². The first-order valence-electron chi connectivity index (χ1n) is 11.4. The predicted octanol–water partition coefficient (Wildman–Crippen LogP) is 5.68. The van der Waals surface area contributed by atoms with Crippen LogP contribution in [0.4, 0.5) is 0 Å². The van der Waals surface area contributed by atoms with E-state index < -0.39 is 12.1 Å². The van der Waals surface area contributed by atoms with Crippen LogP contribution in [0.25, 0.3) is 0 Å². The van der Waals surface area contributed by atoms with Crippen LogP contribution in [0.15, 0.2) is 36.1 Å². The van der Waals surface area contributed by atoms with E-state index in [9.17, 15) is 9.59 Å². The minimum Gasteiger partial charge on any atom is -0.478 e. The van der Waals surface area contributed by atoms with E-state index in [2.05, 4.69) is 19.1 Å². The fraction of sp³-hybridized carbons (Fsp3) is 0.667. The number of nitrogens with zero attached hydrogens (tertiary/aromatic N) is 1. The molecule has 5 nitrogen and oxygen atoms in total. The minimum absolute atomic E-state index is 0.0467. The number of aliphatic carboxylic acids is 1. The molecule has 0 saturated heterocycles.